The molecule has 0 saturated heterocycles. The van der Waals surface area contributed by atoms with Gasteiger partial charge in [-0.3, -0.25) is 4.57 Å². The molecule has 0 aliphatic rings. The van der Waals surface area contributed by atoms with Crippen LogP contribution in [0.1, 0.15) is 26.2 Å². The van der Waals surface area contributed by atoms with E-state index in [-0.39, 0.29) is 6.10 Å². The van der Waals surface area contributed by atoms with Crippen molar-refractivity contribution in [1.29, 1.82) is 0 Å². The largest absolute Gasteiger partial charge is 0.377 e. The Balaban J connectivity index is 2.34. The van der Waals surface area contributed by atoms with E-state index in [9.17, 15) is 8.78 Å². The van der Waals surface area contributed by atoms with Crippen LogP contribution in [0.3, 0.4) is 0 Å². The molecule has 0 aliphatic carbocycles. The van der Waals surface area contributed by atoms with Crippen LogP contribution in [0.25, 0.3) is 0 Å². The first kappa shape index (κ1) is 13.1. The third kappa shape index (κ3) is 3.86. The number of alkyl halides is 2. The van der Waals surface area contributed by atoms with Crippen LogP contribution in [0.4, 0.5) is 8.78 Å². The first-order valence-electron chi connectivity index (χ1n) is 5.27. The van der Waals surface area contributed by atoms with Crippen LogP contribution in [0, 0.1) is 0 Å². The number of rotatable bonds is 7. The fourth-order valence-corrected chi connectivity index (χ4v) is 1.39. The Bertz CT molecular complexity index is 304. The smallest absolute Gasteiger partial charge is 0.319 e. The second-order valence-electron chi connectivity index (χ2n) is 3.43. The van der Waals surface area contributed by atoms with Gasteiger partial charge < -0.3 is 10.1 Å². The molecule has 0 aliphatic heterocycles. The van der Waals surface area contributed by atoms with Gasteiger partial charge in [-0.2, -0.15) is 8.78 Å². The fraction of sp³-hybridized carbons (Fsp3) is 0.700. The molecule has 0 amide bonds. The molecule has 0 bridgehead atoms. The van der Waals surface area contributed by atoms with Crippen molar-refractivity contribution in [3.05, 3.63) is 18.2 Å². The summed E-state index contributed by atoms with van der Waals surface area (Å²) in [6.07, 6.45) is 2.71. The number of aromatic nitrogens is 2. The van der Waals surface area contributed by atoms with Gasteiger partial charge in [0.15, 0.2) is 0 Å². The van der Waals surface area contributed by atoms with Gasteiger partial charge in [0.1, 0.15) is 5.82 Å². The van der Waals surface area contributed by atoms with Crippen LogP contribution >= 0.6 is 0 Å². The van der Waals surface area contributed by atoms with Crippen LogP contribution in [-0.2, 0) is 11.3 Å². The summed E-state index contributed by atoms with van der Waals surface area (Å²) in [5, 5.41) is 3.03. The van der Waals surface area contributed by atoms with E-state index < -0.39 is 6.55 Å². The van der Waals surface area contributed by atoms with Gasteiger partial charge in [-0.25, -0.2) is 4.98 Å². The van der Waals surface area contributed by atoms with Crippen molar-refractivity contribution in [1.82, 2.24) is 14.9 Å². The van der Waals surface area contributed by atoms with Gasteiger partial charge in [0.2, 0.25) is 0 Å². The molecule has 1 rings (SSSR count). The van der Waals surface area contributed by atoms with Crippen molar-refractivity contribution in [2.75, 3.05) is 13.2 Å². The summed E-state index contributed by atoms with van der Waals surface area (Å²) in [6.45, 7) is 2.88. The lowest BCUT2D eigenvalue weighted by Gasteiger charge is -2.12. The molecule has 1 unspecified atom stereocenters. The second kappa shape index (κ2) is 6.55. The minimum Gasteiger partial charge on any atom is -0.377 e. The Labute approximate surface area is 93.6 Å². The summed E-state index contributed by atoms with van der Waals surface area (Å²) in [7, 11) is 0. The van der Waals surface area contributed by atoms with Gasteiger partial charge in [-0.05, 0) is 13.8 Å². The molecule has 1 N–H and O–H groups in total. The van der Waals surface area contributed by atoms with Crippen LogP contribution in [0.15, 0.2) is 12.4 Å². The molecule has 1 heterocycles. The summed E-state index contributed by atoms with van der Waals surface area (Å²) < 4.78 is 31.0. The van der Waals surface area contributed by atoms with Crippen LogP contribution in [0.5, 0.6) is 0 Å². The number of nitrogens with zero attached hydrogens (tertiary/aromatic N) is 2. The molecular formula is C10H17F2N3O. The highest BCUT2D eigenvalue weighted by Gasteiger charge is 2.10. The van der Waals surface area contributed by atoms with Gasteiger partial charge in [0.25, 0.3) is 0 Å². The Hall–Kier alpha value is -1.01. The first-order valence-corrected chi connectivity index (χ1v) is 5.27. The molecule has 6 heteroatoms. The van der Waals surface area contributed by atoms with Crippen molar-refractivity contribution in [2.45, 2.75) is 33.0 Å². The van der Waals surface area contributed by atoms with E-state index in [1.807, 2.05) is 13.8 Å². The molecule has 0 spiro atoms. The normalized spacial score (nSPS) is 13.3. The maximum atomic E-state index is 12.4. The summed E-state index contributed by atoms with van der Waals surface area (Å²) in [6, 6.07) is 0. The van der Waals surface area contributed by atoms with Gasteiger partial charge in [0.05, 0.1) is 12.6 Å². The average Bonchev–Trinajstić information content (AvgIpc) is 2.66. The van der Waals surface area contributed by atoms with E-state index >= 15 is 0 Å². The monoisotopic (exact) mass is 233 g/mol. The molecule has 1 aromatic heterocycles. The molecule has 1 atom stereocenters. The van der Waals surface area contributed by atoms with E-state index in [0.29, 0.717) is 25.5 Å². The minimum atomic E-state index is -2.54. The summed E-state index contributed by atoms with van der Waals surface area (Å²) in [5.41, 5.74) is 0. The maximum Gasteiger partial charge on any atom is 0.319 e. The Kier molecular flexibility index (Phi) is 5.34. The van der Waals surface area contributed by atoms with E-state index in [0.717, 1.165) is 4.57 Å². The molecule has 0 radical (unpaired) electrons. The number of hydrogen-bond donors (Lipinski definition) is 1. The highest BCUT2D eigenvalue weighted by Crippen LogP contribution is 2.11. The SMILES string of the molecule is CCOC(C)CNCc1nccn1C(F)F. The van der Waals surface area contributed by atoms with Crippen molar-refractivity contribution in [3.63, 3.8) is 0 Å². The first-order chi connectivity index (χ1) is 7.65. The zero-order valence-electron chi connectivity index (χ0n) is 9.49. The fourth-order valence-electron chi connectivity index (χ4n) is 1.39. The lowest BCUT2D eigenvalue weighted by molar-refractivity contribution is 0.0646. The van der Waals surface area contributed by atoms with E-state index in [1.54, 1.807) is 0 Å². The summed E-state index contributed by atoms with van der Waals surface area (Å²) in [4.78, 5) is 3.86. The van der Waals surface area contributed by atoms with Crippen molar-refractivity contribution in [2.24, 2.45) is 0 Å². The molecule has 16 heavy (non-hydrogen) atoms. The zero-order chi connectivity index (χ0) is 12.0. The summed E-state index contributed by atoms with van der Waals surface area (Å²) in [5.74, 6) is 0.332. The van der Waals surface area contributed by atoms with Crippen LogP contribution in [0.2, 0.25) is 0 Å². The summed E-state index contributed by atoms with van der Waals surface area (Å²) >= 11 is 0. The molecule has 92 valence electrons. The minimum absolute atomic E-state index is 0.0694. The highest BCUT2D eigenvalue weighted by atomic mass is 19.3. The second-order valence-corrected chi connectivity index (χ2v) is 3.43. The molecular weight excluding hydrogens is 216 g/mol. The van der Waals surface area contributed by atoms with Crippen LogP contribution in [-0.4, -0.2) is 28.8 Å². The average molecular weight is 233 g/mol. The Morgan fingerprint density at radius 1 is 1.56 bits per heavy atom. The molecule has 0 saturated carbocycles. The predicted molar refractivity (Wildman–Crippen MR) is 56.3 cm³/mol. The van der Waals surface area contributed by atoms with E-state index in [4.69, 9.17) is 4.74 Å². The number of imidazole rings is 1. The number of halogens is 2. The number of ether oxygens (including phenoxy) is 1. The zero-order valence-corrected chi connectivity index (χ0v) is 9.49. The van der Waals surface area contributed by atoms with Crippen molar-refractivity contribution >= 4 is 0 Å². The van der Waals surface area contributed by atoms with Gasteiger partial charge in [-0.1, -0.05) is 0 Å². The van der Waals surface area contributed by atoms with Gasteiger partial charge in [-0.15, -0.1) is 0 Å². The third-order valence-electron chi connectivity index (χ3n) is 2.13. The predicted octanol–water partition coefficient (Wildman–Crippen LogP) is 1.79. The van der Waals surface area contributed by atoms with Crippen molar-refractivity contribution < 1.29 is 13.5 Å². The molecule has 0 fully saturated rings. The highest BCUT2D eigenvalue weighted by molar-refractivity contribution is 4.92. The van der Waals surface area contributed by atoms with E-state index in [2.05, 4.69) is 10.3 Å². The third-order valence-corrected chi connectivity index (χ3v) is 2.13. The lowest BCUT2D eigenvalue weighted by Crippen LogP contribution is -2.27. The Morgan fingerprint density at radius 2 is 2.31 bits per heavy atom. The van der Waals surface area contributed by atoms with Gasteiger partial charge >= 0.3 is 6.55 Å². The topological polar surface area (TPSA) is 39.1 Å². The lowest BCUT2D eigenvalue weighted by atomic mass is 10.4. The maximum absolute atomic E-state index is 12.4. The molecule has 1 aromatic rings. The van der Waals surface area contributed by atoms with Gasteiger partial charge in [0, 0.05) is 25.5 Å². The molecule has 0 aromatic carbocycles. The standard InChI is InChI=1S/C10H17F2N3O/c1-3-16-8(2)6-13-7-9-14-4-5-15(9)10(11)12/h4-5,8,10,13H,3,6-7H2,1-2H3. The quantitative estimate of drug-likeness (QED) is 0.780. The Morgan fingerprint density at radius 3 is 2.94 bits per heavy atom. The number of nitrogens with one attached hydrogen (secondary N) is 1. The van der Waals surface area contributed by atoms with E-state index in [1.165, 1.54) is 12.4 Å². The van der Waals surface area contributed by atoms with Crippen LogP contribution < -0.4 is 5.32 Å². The van der Waals surface area contributed by atoms with Crippen molar-refractivity contribution in [3.8, 4) is 0 Å². The number of hydrogen-bond acceptors (Lipinski definition) is 3. The molecule has 4 nitrogen and oxygen atoms in total.